The van der Waals surface area contributed by atoms with Gasteiger partial charge in [0.2, 0.25) is 6.29 Å². The minimum atomic E-state index is -1.90. The standard InChI is InChI=1S/C59H96O26/c1-24-34(63)38(67)42(71)49(78-24)83-46-29(20-60)80-48(45(74)41(46)70)77-22-30-37(66)40(69)44(73)51(81-30)85-53(75)59-17-15-54(3,4)19-27(59)26-9-10-32-55(5)13-12-33(56(6,23-61)31(55)11-14-58(32,8)57(26,7)16-18-59)82-52-47(36(65)28(62)21-76-52)84-50-43(72)39(68)35(64)25(2)79-50/h9,24-25,27-52,60-74H,10-23H2,1-8H3/t24?,25?,27-,28?,29?,30?,31+,32-,33?,34?,35?,36?,37?,38?,39?,40?,41?,42?,43?,44?,45?,46?,47?,48?,49?,50?,51?,52?,55+,56+,57?,58?,59?/m1/s1. The molecule has 85 heavy (non-hydrogen) atoms. The van der Waals surface area contributed by atoms with Crippen molar-refractivity contribution in [3.05, 3.63) is 11.6 Å². The zero-order valence-electron chi connectivity index (χ0n) is 49.8. The molecule has 26 nitrogen and oxygen atoms in total. The fourth-order valence-corrected chi connectivity index (χ4v) is 17.5. The molecule has 5 heterocycles. The molecule has 26 heteroatoms. The van der Waals surface area contributed by atoms with Gasteiger partial charge in [-0.25, -0.2) is 0 Å². The van der Waals surface area contributed by atoms with E-state index in [0.717, 1.165) is 12.8 Å². The average Bonchev–Trinajstić information content (AvgIpc) is 0.688. The summed E-state index contributed by atoms with van der Waals surface area (Å²) in [6.07, 6.45) is -29.6. The van der Waals surface area contributed by atoms with E-state index in [-0.39, 0.29) is 47.2 Å². The Hall–Kier alpha value is -1.75. The zero-order chi connectivity index (χ0) is 62.0. The molecule has 0 spiro atoms. The molecule has 0 aromatic carbocycles. The van der Waals surface area contributed by atoms with Gasteiger partial charge in [0.25, 0.3) is 0 Å². The largest absolute Gasteiger partial charge is 0.432 e. The molecule has 33 atom stereocenters. The lowest BCUT2D eigenvalue weighted by Crippen LogP contribution is -2.67. The van der Waals surface area contributed by atoms with Gasteiger partial charge in [-0.3, -0.25) is 4.79 Å². The molecule has 488 valence electrons. The first-order valence-electron chi connectivity index (χ1n) is 30.6. The van der Waals surface area contributed by atoms with Crippen LogP contribution in [0, 0.1) is 50.2 Å². The molecular weight excluding hydrogens is 1120 g/mol. The predicted octanol–water partition coefficient (Wildman–Crippen LogP) is -2.54. The van der Waals surface area contributed by atoms with Gasteiger partial charge in [-0.15, -0.1) is 0 Å². The topological polar surface area (TPSA) is 413 Å². The molecule has 5 aliphatic heterocycles. The maximum Gasteiger partial charge on any atom is 0.315 e. The quantitative estimate of drug-likeness (QED) is 0.0513. The van der Waals surface area contributed by atoms with Crippen LogP contribution in [0.4, 0.5) is 0 Å². The number of carbonyl (C=O) groups is 1. The van der Waals surface area contributed by atoms with Crippen LogP contribution < -0.4 is 0 Å². The van der Waals surface area contributed by atoms with E-state index < -0.39 is 189 Å². The van der Waals surface area contributed by atoms with Crippen LogP contribution in [0.1, 0.15) is 120 Å². The van der Waals surface area contributed by atoms with Gasteiger partial charge in [-0.1, -0.05) is 53.2 Å². The van der Waals surface area contributed by atoms with Crippen LogP contribution in [0.3, 0.4) is 0 Å². The van der Waals surface area contributed by atoms with Crippen LogP contribution in [0.2, 0.25) is 0 Å². The first-order chi connectivity index (χ1) is 39.8. The highest BCUT2D eigenvalue weighted by Crippen LogP contribution is 2.76. The third-order valence-corrected chi connectivity index (χ3v) is 23.2. The number of esters is 1. The number of fused-ring (bicyclic) bond motifs is 7. The van der Waals surface area contributed by atoms with E-state index in [9.17, 15) is 76.6 Å². The normalized spacial score (nSPS) is 55.3. The van der Waals surface area contributed by atoms with Crippen molar-refractivity contribution in [2.45, 2.75) is 273 Å². The Bertz CT molecular complexity index is 2370. The Morgan fingerprint density at radius 1 is 0.565 bits per heavy atom. The van der Waals surface area contributed by atoms with Crippen molar-refractivity contribution in [2.24, 2.45) is 50.2 Å². The molecule has 9 fully saturated rings. The van der Waals surface area contributed by atoms with E-state index in [0.29, 0.717) is 51.4 Å². The maximum atomic E-state index is 15.2. The summed E-state index contributed by atoms with van der Waals surface area (Å²) in [7, 11) is 0. The van der Waals surface area contributed by atoms with Crippen molar-refractivity contribution in [3.8, 4) is 0 Å². The van der Waals surface area contributed by atoms with Gasteiger partial charge in [0.1, 0.15) is 104 Å². The maximum absolute atomic E-state index is 15.2. The number of carbonyl (C=O) groups excluding carboxylic acids is 1. The third kappa shape index (κ3) is 11.1. The van der Waals surface area contributed by atoms with Crippen molar-refractivity contribution in [3.63, 3.8) is 0 Å². The van der Waals surface area contributed by atoms with Crippen molar-refractivity contribution in [1.29, 1.82) is 0 Å². The van der Waals surface area contributed by atoms with Gasteiger partial charge in [-0.2, -0.15) is 0 Å². The van der Waals surface area contributed by atoms with Crippen LogP contribution in [0.25, 0.3) is 0 Å². The van der Waals surface area contributed by atoms with Gasteiger partial charge in [0, 0.05) is 5.41 Å². The molecule has 0 amide bonds. The highest BCUT2D eigenvalue weighted by molar-refractivity contribution is 5.79. The van der Waals surface area contributed by atoms with E-state index in [1.165, 1.54) is 19.4 Å². The fourth-order valence-electron chi connectivity index (χ4n) is 17.5. The van der Waals surface area contributed by atoms with Crippen LogP contribution in [-0.2, 0) is 52.2 Å². The summed E-state index contributed by atoms with van der Waals surface area (Å²) in [6.45, 7) is 14.3. The van der Waals surface area contributed by atoms with Gasteiger partial charge in [0.15, 0.2) is 25.2 Å². The fraction of sp³-hybridized carbons (Fsp3) is 0.949. The third-order valence-electron chi connectivity index (χ3n) is 23.2. The monoisotopic (exact) mass is 1220 g/mol. The highest BCUT2D eigenvalue weighted by atomic mass is 16.8. The highest BCUT2D eigenvalue weighted by Gasteiger charge is 2.71. The Balaban J connectivity index is 0.833. The summed E-state index contributed by atoms with van der Waals surface area (Å²) < 4.78 is 59.4. The number of aliphatic hydroxyl groups is 15. The second kappa shape index (κ2) is 24.4. The summed E-state index contributed by atoms with van der Waals surface area (Å²) in [5.74, 6) is -0.861. The number of ether oxygens (including phenoxy) is 10. The Morgan fingerprint density at radius 3 is 1.76 bits per heavy atom. The molecule has 5 saturated heterocycles. The van der Waals surface area contributed by atoms with E-state index in [4.69, 9.17) is 47.4 Å². The van der Waals surface area contributed by atoms with Crippen molar-refractivity contribution in [2.75, 3.05) is 26.4 Å². The molecule has 15 N–H and O–H groups in total. The van der Waals surface area contributed by atoms with Gasteiger partial charge < -0.3 is 124 Å². The molecule has 0 aromatic rings. The average molecular weight is 1220 g/mol. The number of rotatable bonds is 13. The molecule has 5 aliphatic carbocycles. The number of aliphatic hydroxyl groups excluding tert-OH is 15. The predicted molar refractivity (Wildman–Crippen MR) is 288 cm³/mol. The number of allylic oxidation sites excluding steroid dienone is 2. The lowest BCUT2D eigenvalue weighted by atomic mass is 9.33. The second-order valence-corrected chi connectivity index (χ2v) is 28.5. The second-order valence-electron chi connectivity index (χ2n) is 28.5. The van der Waals surface area contributed by atoms with Crippen LogP contribution >= 0.6 is 0 Å². The first-order valence-corrected chi connectivity index (χ1v) is 30.6. The van der Waals surface area contributed by atoms with Crippen molar-refractivity contribution in [1.82, 2.24) is 0 Å². The SMILES string of the molecule is CC1OC(OC2C(CO)OC(OCC3OC(OC(=O)C45CCC(C)(C)C[C@@H]4C4=CC[C@H]6C(C)(CC[C@H]7[C@]6(C)CCC(OC6OCC(O)C(O)C6OC6OC(C)C(O)C(O)C6O)[C@@]7(C)CO)C4(C)CC5)C(O)C(O)C3O)C(O)C2O)C(O)C(O)C1O. The van der Waals surface area contributed by atoms with E-state index in [1.807, 2.05) is 6.92 Å². The summed E-state index contributed by atoms with van der Waals surface area (Å²) >= 11 is 0. The minimum absolute atomic E-state index is 0.0670. The van der Waals surface area contributed by atoms with Crippen LogP contribution in [0.15, 0.2) is 11.6 Å². The lowest BCUT2D eigenvalue weighted by Gasteiger charge is -2.71. The molecule has 28 unspecified atom stereocenters. The van der Waals surface area contributed by atoms with Gasteiger partial charge in [0.05, 0.1) is 50.2 Å². The minimum Gasteiger partial charge on any atom is -0.432 e. The molecule has 10 rings (SSSR count). The molecule has 4 saturated carbocycles. The van der Waals surface area contributed by atoms with Crippen molar-refractivity contribution >= 4 is 5.97 Å². The first kappa shape index (κ1) is 66.2. The molecule has 0 bridgehead atoms. The molecular formula is C59H96O26. The van der Waals surface area contributed by atoms with Crippen LogP contribution in [-0.4, -0.2) is 263 Å². The van der Waals surface area contributed by atoms with E-state index >= 15 is 4.79 Å². The summed E-state index contributed by atoms with van der Waals surface area (Å²) in [6, 6.07) is 0. The van der Waals surface area contributed by atoms with Gasteiger partial charge >= 0.3 is 5.97 Å². The van der Waals surface area contributed by atoms with Crippen molar-refractivity contribution < 1.29 is 129 Å². The molecule has 0 radical (unpaired) electrons. The number of hydrogen-bond donors (Lipinski definition) is 15. The smallest absolute Gasteiger partial charge is 0.315 e. The lowest BCUT2D eigenvalue weighted by molar-refractivity contribution is -0.365. The van der Waals surface area contributed by atoms with E-state index in [1.54, 1.807) is 0 Å². The Kier molecular flexibility index (Phi) is 19.0. The molecule has 10 aliphatic rings. The summed E-state index contributed by atoms with van der Waals surface area (Å²) in [5, 5.41) is 163. The summed E-state index contributed by atoms with van der Waals surface area (Å²) in [4.78, 5) is 15.2. The Labute approximate surface area is 494 Å². The van der Waals surface area contributed by atoms with Crippen LogP contribution in [0.5, 0.6) is 0 Å². The summed E-state index contributed by atoms with van der Waals surface area (Å²) in [5.41, 5.74) is -1.93. The Morgan fingerprint density at radius 2 is 1.14 bits per heavy atom. The zero-order valence-corrected chi connectivity index (χ0v) is 49.8. The van der Waals surface area contributed by atoms with E-state index in [2.05, 4.69) is 40.7 Å². The number of hydrogen-bond acceptors (Lipinski definition) is 26. The van der Waals surface area contributed by atoms with Gasteiger partial charge in [-0.05, 0) is 117 Å². The molecule has 0 aromatic heterocycles.